The van der Waals surface area contributed by atoms with E-state index in [0.29, 0.717) is 10.8 Å². The summed E-state index contributed by atoms with van der Waals surface area (Å²) in [6, 6.07) is 11.5. The number of hydrogen-bond donors (Lipinski definition) is 0. The fourth-order valence-electron chi connectivity index (χ4n) is 2.00. The van der Waals surface area contributed by atoms with Crippen LogP contribution in [0.15, 0.2) is 41.3 Å². The predicted octanol–water partition coefficient (Wildman–Crippen LogP) is 4.42. The normalized spacial score (nSPS) is 12.6. The molecule has 0 saturated carbocycles. The van der Waals surface area contributed by atoms with E-state index >= 15 is 0 Å². The van der Waals surface area contributed by atoms with E-state index in [9.17, 15) is 9.00 Å². The van der Waals surface area contributed by atoms with Crippen LogP contribution in [0.25, 0.3) is 0 Å². The minimum absolute atomic E-state index is 0.0361. The predicted molar refractivity (Wildman–Crippen MR) is 89.8 cm³/mol. The van der Waals surface area contributed by atoms with Crippen molar-refractivity contribution in [3.63, 3.8) is 0 Å². The molecule has 0 N–H and O–H groups in total. The third kappa shape index (κ3) is 4.11. The number of carbonyl (C=O) groups is 1. The number of Topliss-reactive ketones (excluding diaryl/α,β-unsaturated/α-hetero) is 1. The molecule has 0 fully saturated rings. The lowest BCUT2D eigenvalue weighted by Gasteiger charge is -2.06. The average molecular weight is 320 g/mol. The van der Waals surface area contributed by atoms with Crippen molar-refractivity contribution in [3.8, 4) is 0 Å². The quantitative estimate of drug-likeness (QED) is 0.738. The first-order valence-corrected chi connectivity index (χ1v) is 9.25. The molecule has 0 radical (unpaired) electrons. The Morgan fingerprint density at radius 3 is 2.33 bits per heavy atom. The number of ketones is 1. The Morgan fingerprint density at radius 2 is 1.81 bits per heavy atom. The molecule has 0 amide bonds. The monoisotopic (exact) mass is 320 g/mol. The lowest BCUT2D eigenvalue weighted by atomic mass is 10.0. The molecule has 2 aromatic rings. The first-order chi connectivity index (χ1) is 10.0. The fraction of sp³-hybridized carbons (Fsp3) is 0.353. The number of benzene rings is 1. The van der Waals surface area contributed by atoms with Gasteiger partial charge in [0.2, 0.25) is 0 Å². The van der Waals surface area contributed by atoms with Gasteiger partial charge in [0.05, 0.1) is 21.4 Å². The van der Waals surface area contributed by atoms with Crippen LogP contribution < -0.4 is 0 Å². The van der Waals surface area contributed by atoms with Gasteiger partial charge in [-0.05, 0) is 42.2 Å². The molecule has 0 spiro atoms. The summed E-state index contributed by atoms with van der Waals surface area (Å²) in [5.74, 6) is 0.476. The largest absolute Gasteiger partial charge is 0.292 e. The standard InChI is InChI=1S/C17H20O2S2/c1-4-14-7-10-17(20-14)16(18)11-21(19)15-8-5-13(6-9-15)12(2)3/h5-10,12H,4,11H2,1-3H3. The van der Waals surface area contributed by atoms with E-state index in [1.54, 1.807) is 0 Å². The first kappa shape index (κ1) is 16.1. The van der Waals surface area contributed by atoms with E-state index < -0.39 is 10.8 Å². The Kier molecular flexibility index (Phi) is 5.48. The summed E-state index contributed by atoms with van der Waals surface area (Å²) in [7, 11) is -1.27. The number of hydrogen-bond acceptors (Lipinski definition) is 3. The SMILES string of the molecule is CCc1ccc(C(=O)CS(=O)c2ccc(C(C)C)cc2)s1. The van der Waals surface area contributed by atoms with Crippen LogP contribution in [0.2, 0.25) is 0 Å². The maximum atomic E-state index is 12.3. The van der Waals surface area contributed by atoms with Gasteiger partial charge >= 0.3 is 0 Å². The van der Waals surface area contributed by atoms with Crippen molar-refractivity contribution in [1.82, 2.24) is 0 Å². The van der Waals surface area contributed by atoms with Crippen molar-refractivity contribution in [3.05, 3.63) is 51.7 Å². The van der Waals surface area contributed by atoms with Crippen molar-refractivity contribution < 1.29 is 9.00 Å². The maximum absolute atomic E-state index is 12.3. The highest BCUT2D eigenvalue weighted by Gasteiger charge is 2.14. The van der Waals surface area contributed by atoms with Gasteiger partial charge in [0.25, 0.3) is 0 Å². The molecule has 1 atom stereocenters. The Balaban J connectivity index is 2.05. The topological polar surface area (TPSA) is 34.1 Å². The summed E-state index contributed by atoms with van der Waals surface area (Å²) >= 11 is 1.50. The number of rotatable bonds is 6. The van der Waals surface area contributed by atoms with Gasteiger partial charge in [-0.3, -0.25) is 9.00 Å². The zero-order valence-corrected chi connectivity index (χ0v) is 14.2. The van der Waals surface area contributed by atoms with Gasteiger partial charge < -0.3 is 0 Å². The second-order valence-electron chi connectivity index (χ2n) is 5.26. The summed E-state index contributed by atoms with van der Waals surface area (Å²) in [5.41, 5.74) is 1.22. The van der Waals surface area contributed by atoms with Crippen LogP contribution in [-0.2, 0) is 17.2 Å². The average Bonchev–Trinajstić information content (AvgIpc) is 2.96. The Bertz CT molecular complexity index is 639. The third-order valence-electron chi connectivity index (χ3n) is 3.36. The Hall–Kier alpha value is -1.26. The highest BCUT2D eigenvalue weighted by molar-refractivity contribution is 7.85. The summed E-state index contributed by atoms with van der Waals surface area (Å²) in [4.78, 5) is 14.8. The summed E-state index contributed by atoms with van der Waals surface area (Å²) < 4.78 is 12.3. The van der Waals surface area contributed by atoms with Crippen molar-refractivity contribution in [2.45, 2.75) is 38.0 Å². The molecule has 1 aromatic carbocycles. The summed E-state index contributed by atoms with van der Waals surface area (Å²) in [6.07, 6.45) is 0.928. The third-order valence-corrected chi connectivity index (χ3v) is 5.95. The molecule has 0 aliphatic heterocycles. The minimum atomic E-state index is -1.27. The van der Waals surface area contributed by atoms with Crippen LogP contribution >= 0.6 is 11.3 Å². The van der Waals surface area contributed by atoms with E-state index in [4.69, 9.17) is 0 Å². The van der Waals surface area contributed by atoms with Gasteiger partial charge in [-0.15, -0.1) is 11.3 Å². The van der Waals surface area contributed by atoms with Crippen LogP contribution in [-0.4, -0.2) is 15.7 Å². The fourth-order valence-corrected chi connectivity index (χ4v) is 3.97. The molecule has 112 valence electrons. The summed E-state index contributed by atoms with van der Waals surface area (Å²) in [6.45, 7) is 6.31. The second-order valence-corrected chi connectivity index (χ2v) is 7.88. The Labute approximate surface area is 132 Å². The Morgan fingerprint density at radius 1 is 1.14 bits per heavy atom. The lowest BCUT2D eigenvalue weighted by molar-refractivity contribution is 0.102. The number of aryl methyl sites for hydroxylation is 1. The van der Waals surface area contributed by atoms with Crippen molar-refractivity contribution in [2.24, 2.45) is 0 Å². The zero-order valence-electron chi connectivity index (χ0n) is 12.6. The molecule has 0 aliphatic carbocycles. The van der Waals surface area contributed by atoms with Gasteiger partial charge in [0.15, 0.2) is 5.78 Å². The molecule has 0 saturated heterocycles. The molecule has 1 aromatic heterocycles. The molecular weight excluding hydrogens is 300 g/mol. The van der Waals surface area contributed by atoms with Crippen LogP contribution in [0.5, 0.6) is 0 Å². The zero-order chi connectivity index (χ0) is 15.4. The molecule has 21 heavy (non-hydrogen) atoms. The van der Waals surface area contributed by atoms with Gasteiger partial charge in [0, 0.05) is 9.77 Å². The van der Waals surface area contributed by atoms with Crippen LogP contribution in [0.4, 0.5) is 0 Å². The minimum Gasteiger partial charge on any atom is -0.292 e. The van der Waals surface area contributed by atoms with E-state index in [0.717, 1.165) is 11.3 Å². The molecular formula is C17H20O2S2. The highest BCUT2D eigenvalue weighted by atomic mass is 32.2. The first-order valence-electron chi connectivity index (χ1n) is 7.11. The number of carbonyl (C=O) groups excluding carboxylic acids is 1. The maximum Gasteiger partial charge on any atom is 0.185 e. The molecule has 0 bridgehead atoms. The van der Waals surface area contributed by atoms with Crippen LogP contribution in [0.1, 0.15) is 46.8 Å². The van der Waals surface area contributed by atoms with E-state index in [1.807, 2.05) is 36.4 Å². The smallest absolute Gasteiger partial charge is 0.185 e. The van der Waals surface area contributed by atoms with Gasteiger partial charge in [-0.1, -0.05) is 32.9 Å². The van der Waals surface area contributed by atoms with E-state index in [2.05, 4.69) is 20.8 Å². The van der Waals surface area contributed by atoms with Gasteiger partial charge in [0.1, 0.15) is 0 Å². The highest BCUT2D eigenvalue weighted by Crippen LogP contribution is 2.20. The molecule has 2 rings (SSSR count). The molecule has 4 heteroatoms. The molecule has 1 heterocycles. The lowest BCUT2D eigenvalue weighted by Crippen LogP contribution is -2.09. The van der Waals surface area contributed by atoms with E-state index in [-0.39, 0.29) is 11.5 Å². The molecule has 1 unspecified atom stereocenters. The van der Waals surface area contributed by atoms with Crippen molar-refractivity contribution in [1.29, 1.82) is 0 Å². The second kappa shape index (κ2) is 7.14. The van der Waals surface area contributed by atoms with Gasteiger partial charge in [-0.25, -0.2) is 0 Å². The van der Waals surface area contributed by atoms with Crippen LogP contribution in [0.3, 0.4) is 0 Å². The summed E-state index contributed by atoms with van der Waals surface area (Å²) in [5, 5.41) is 0. The molecule has 2 nitrogen and oxygen atoms in total. The van der Waals surface area contributed by atoms with Gasteiger partial charge in [-0.2, -0.15) is 0 Å². The van der Waals surface area contributed by atoms with Crippen LogP contribution in [0, 0.1) is 0 Å². The van der Waals surface area contributed by atoms with Crippen molar-refractivity contribution >= 4 is 27.9 Å². The van der Waals surface area contributed by atoms with E-state index in [1.165, 1.54) is 21.8 Å². The van der Waals surface area contributed by atoms with Crippen molar-refractivity contribution in [2.75, 3.05) is 5.75 Å². The number of thiophene rings is 1. The molecule has 0 aliphatic rings.